The predicted molar refractivity (Wildman–Crippen MR) is 103 cm³/mol. The summed E-state index contributed by atoms with van der Waals surface area (Å²) >= 11 is 0. The zero-order valence-corrected chi connectivity index (χ0v) is 16.6. The second-order valence-electron chi connectivity index (χ2n) is 7.52. The van der Waals surface area contributed by atoms with Crippen molar-refractivity contribution in [3.8, 4) is 0 Å². The average Bonchev–Trinajstić information content (AvgIpc) is 3.15. The molecule has 1 aromatic rings. The first kappa shape index (κ1) is 20.3. The van der Waals surface area contributed by atoms with Gasteiger partial charge in [-0.1, -0.05) is 0 Å². The molecule has 0 radical (unpaired) electrons. The molecule has 1 atom stereocenters. The third-order valence-electron chi connectivity index (χ3n) is 5.51. The second kappa shape index (κ2) is 8.05. The van der Waals surface area contributed by atoms with Crippen LogP contribution in [-0.4, -0.2) is 79.8 Å². The molecule has 0 spiro atoms. The second-order valence-corrected chi connectivity index (χ2v) is 7.52. The molecule has 30 heavy (non-hydrogen) atoms. The van der Waals surface area contributed by atoms with E-state index in [1.807, 2.05) is 5.01 Å². The summed E-state index contributed by atoms with van der Waals surface area (Å²) < 4.78 is 35.0. The Morgan fingerprint density at radius 3 is 2.53 bits per heavy atom. The van der Waals surface area contributed by atoms with Crippen LogP contribution in [0.25, 0.3) is 0 Å². The number of rotatable bonds is 4. The number of hydrogen-bond acceptors (Lipinski definition) is 6. The normalized spacial score (nSPS) is 22.2. The zero-order valence-electron chi connectivity index (χ0n) is 16.6. The number of anilines is 2. The van der Waals surface area contributed by atoms with Crippen molar-refractivity contribution in [1.29, 1.82) is 0 Å². The van der Waals surface area contributed by atoms with Gasteiger partial charge in [-0.05, 0) is 0 Å². The summed E-state index contributed by atoms with van der Waals surface area (Å²) in [6, 6.07) is 2.22. The van der Waals surface area contributed by atoms with Gasteiger partial charge in [-0.3, -0.25) is 19.5 Å². The number of nitrogens with zero attached hydrogens (tertiary/aromatic N) is 4. The van der Waals surface area contributed by atoms with Crippen LogP contribution in [0.4, 0.5) is 25.0 Å². The van der Waals surface area contributed by atoms with Crippen LogP contribution in [0.5, 0.6) is 0 Å². The number of carbonyl (C=O) groups is 3. The van der Waals surface area contributed by atoms with Crippen LogP contribution in [0, 0.1) is 11.6 Å². The molecular formula is C19H23F2N5O4. The van der Waals surface area contributed by atoms with Crippen LogP contribution in [0.2, 0.25) is 0 Å². The molecule has 0 aliphatic carbocycles. The first-order chi connectivity index (χ1) is 14.3. The minimum atomic E-state index is -0.786. The van der Waals surface area contributed by atoms with E-state index in [4.69, 9.17) is 4.74 Å². The molecule has 0 saturated carbocycles. The van der Waals surface area contributed by atoms with Crippen molar-refractivity contribution in [1.82, 2.24) is 15.3 Å². The molecule has 3 aliphatic rings. The van der Waals surface area contributed by atoms with Crippen molar-refractivity contribution in [3.63, 3.8) is 0 Å². The van der Waals surface area contributed by atoms with E-state index in [-0.39, 0.29) is 36.3 Å². The van der Waals surface area contributed by atoms with Gasteiger partial charge in [0.1, 0.15) is 11.8 Å². The number of cyclic esters (lactones) is 1. The Balaban J connectivity index is 1.49. The van der Waals surface area contributed by atoms with Crippen molar-refractivity contribution in [3.05, 3.63) is 23.8 Å². The quantitative estimate of drug-likeness (QED) is 0.767. The van der Waals surface area contributed by atoms with Crippen molar-refractivity contribution in [2.45, 2.75) is 19.4 Å². The van der Waals surface area contributed by atoms with E-state index in [0.29, 0.717) is 39.1 Å². The largest absolute Gasteiger partial charge is 0.442 e. The number of ether oxygens (including phenoxy) is 1. The molecule has 3 heterocycles. The number of nitrogens with one attached hydrogen (secondary N) is 1. The zero-order chi connectivity index (χ0) is 21.4. The van der Waals surface area contributed by atoms with Crippen LogP contribution < -0.4 is 15.1 Å². The summed E-state index contributed by atoms with van der Waals surface area (Å²) in [5, 5.41) is 6.09. The highest BCUT2D eigenvalue weighted by molar-refractivity contribution is 5.90. The lowest BCUT2D eigenvalue weighted by Gasteiger charge is -2.24. The highest BCUT2D eigenvalue weighted by Gasteiger charge is 2.35. The Bertz CT molecular complexity index is 859. The number of benzene rings is 1. The van der Waals surface area contributed by atoms with Crippen LogP contribution in [0.1, 0.15) is 13.3 Å². The molecular weight excluding hydrogens is 400 g/mol. The van der Waals surface area contributed by atoms with Gasteiger partial charge < -0.3 is 15.0 Å². The molecule has 3 saturated heterocycles. The molecule has 0 unspecified atom stereocenters. The highest BCUT2D eigenvalue weighted by Crippen LogP contribution is 2.31. The van der Waals surface area contributed by atoms with Crippen LogP contribution in [0.3, 0.4) is 0 Å². The van der Waals surface area contributed by atoms with E-state index >= 15 is 0 Å². The molecule has 4 rings (SSSR count). The number of fused-ring (bicyclic) bond motifs is 1. The topological polar surface area (TPSA) is 85.4 Å². The molecule has 3 aliphatic heterocycles. The summed E-state index contributed by atoms with van der Waals surface area (Å²) in [7, 11) is 0. The monoisotopic (exact) mass is 423 g/mol. The Hall–Kier alpha value is -2.95. The van der Waals surface area contributed by atoms with E-state index in [1.54, 1.807) is 9.91 Å². The molecule has 3 amide bonds. The molecule has 1 aromatic carbocycles. The van der Waals surface area contributed by atoms with E-state index in [1.165, 1.54) is 6.92 Å². The Morgan fingerprint density at radius 2 is 1.83 bits per heavy atom. The number of amides is 3. The first-order valence-corrected chi connectivity index (χ1v) is 9.85. The Labute approximate surface area is 172 Å². The summed E-state index contributed by atoms with van der Waals surface area (Å²) in [5.74, 6) is -1.81. The van der Waals surface area contributed by atoms with Crippen LogP contribution >= 0.6 is 0 Å². The number of hydrogen-bond donors (Lipinski definition) is 1. The van der Waals surface area contributed by atoms with Gasteiger partial charge in [0, 0.05) is 51.7 Å². The first-order valence-electron chi connectivity index (χ1n) is 9.85. The fourth-order valence-electron chi connectivity index (χ4n) is 4.02. The summed E-state index contributed by atoms with van der Waals surface area (Å²) in [6.07, 6.45) is -0.858. The standard InChI is InChI=1S/C19H23F2N5O4/c1-12(27)22-10-14-11-25(19(29)30-14)13-8-15(20)18(16(21)9-13)23-4-6-24-3-2-17(28)26(24)7-5-23/h8-9,14H,2-7,10-11H2,1H3,(H,22,27)/t14-/m0/s1. The summed E-state index contributed by atoms with van der Waals surface area (Å²) in [6.45, 7) is 3.71. The molecule has 0 aromatic heterocycles. The predicted octanol–water partition coefficient (Wildman–Crippen LogP) is 0.695. The molecule has 1 N–H and O–H groups in total. The van der Waals surface area contributed by atoms with E-state index in [2.05, 4.69) is 5.32 Å². The Morgan fingerprint density at radius 1 is 1.13 bits per heavy atom. The third-order valence-corrected chi connectivity index (χ3v) is 5.51. The molecule has 9 nitrogen and oxygen atoms in total. The van der Waals surface area contributed by atoms with Gasteiger partial charge >= 0.3 is 6.09 Å². The van der Waals surface area contributed by atoms with Gasteiger partial charge in [-0.2, -0.15) is 0 Å². The van der Waals surface area contributed by atoms with Gasteiger partial charge in [-0.15, -0.1) is 0 Å². The summed E-state index contributed by atoms with van der Waals surface area (Å²) in [4.78, 5) is 37.8. The van der Waals surface area contributed by atoms with Gasteiger partial charge in [-0.25, -0.2) is 18.6 Å². The number of halogens is 2. The van der Waals surface area contributed by atoms with Crippen molar-refractivity contribution >= 4 is 29.3 Å². The van der Waals surface area contributed by atoms with Gasteiger partial charge in [0.05, 0.1) is 25.3 Å². The maximum absolute atomic E-state index is 14.9. The van der Waals surface area contributed by atoms with Gasteiger partial charge in [0.25, 0.3) is 0 Å². The van der Waals surface area contributed by atoms with E-state index in [0.717, 1.165) is 17.0 Å². The van der Waals surface area contributed by atoms with Crippen molar-refractivity contribution < 1.29 is 27.9 Å². The maximum Gasteiger partial charge on any atom is 0.414 e. The Kier molecular flexibility index (Phi) is 5.46. The third kappa shape index (κ3) is 3.89. The number of hydrazine groups is 1. The van der Waals surface area contributed by atoms with Gasteiger partial charge in [0.2, 0.25) is 11.8 Å². The SMILES string of the molecule is CC(=O)NC[C@H]1CN(c2cc(F)c(N3CCN4CCC(=O)N4CC3)c(F)c2)C(=O)O1. The average molecular weight is 423 g/mol. The fraction of sp³-hybridized carbons (Fsp3) is 0.526. The lowest BCUT2D eigenvalue weighted by atomic mass is 10.2. The van der Waals surface area contributed by atoms with Crippen LogP contribution in [0.15, 0.2) is 12.1 Å². The lowest BCUT2D eigenvalue weighted by Crippen LogP contribution is -2.39. The van der Waals surface area contributed by atoms with Crippen molar-refractivity contribution in [2.24, 2.45) is 0 Å². The summed E-state index contributed by atoms with van der Waals surface area (Å²) in [5.41, 5.74) is -0.116. The minimum Gasteiger partial charge on any atom is -0.442 e. The molecule has 162 valence electrons. The maximum atomic E-state index is 14.9. The lowest BCUT2D eigenvalue weighted by molar-refractivity contribution is -0.136. The molecule has 3 fully saturated rings. The van der Waals surface area contributed by atoms with E-state index in [9.17, 15) is 23.2 Å². The van der Waals surface area contributed by atoms with Gasteiger partial charge in [0.15, 0.2) is 11.6 Å². The molecule has 0 bridgehead atoms. The van der Waals surface area contributed by atoms with Crippen molar-refractivity contribution in [2.75, 3.05) is 55.6 Å². The smallest absolute Gasteiger partial charge is 0.414 e. The van der Waals surface area contributed by atoms with Crippen LogP contribution in [-0.2, 0) is 14.3 Å². The fourth-order valence-corrected chi connectivity index (χ4v) is 4.02. The number of carbonyl (C=O) groups excluding carboxylic acids is 3. The highest BCUT2D eigenvalue weighted by atomic mass is 19.1. The minimum absolute atomic E-state index is 0.0227. The van der Waals surface area contributed by atoms with E-state index < -0.39 is 23.8 Å². The molecule has 11 heteroatoms.